The maximum absolute atomic E-state index is 12.1. The van der Waals surface area contributed by atoms with E-state index in [1.54, 1.807) is 0 Å². The first-order valence-electron chi connectivity index (χ1n) is 7.02. The molecule has 1 heterocycles. The van der Waals surface area contributed by atoms with E-state index in [2.05, 4.69) is 10.4 Å². The molecule has 0 fully saturated rings. The third-order valence-corrected chi connectivity index (χ3v) is 3.47. The molecule has 5 heteroatoms. The van der Waals surface area contributed by atoms with E-state index in [0.29, 0.717) is 12.2 Å². The number of hydrogen-bond donors (Lipinski definition) is 2. The minimum absolute atomic E-state index is 0.0743. The van der Waals surface area contributed by atoms with Crippen molar-refractivity contribution in [2.24, 2.45) is 0 Å². The molecule has 0 bridgehead atoms. The summed E-state index contributed by atoms with van der Waals surface area (Å²) in [4.78, 5) is 12.1. The van der Waals surface area contributed by atoms with Gasteiger partial charge in [0.15, 0.2) is 0 Å². The lowest BCUT2D eigenvalue weighted by Gasteiger charge is -2.13. The minimum Gasteiger partial charge on any atom is -0.506 e. The van der Waals surface area contributed by atoms with Gasteiger partial charge >= 0.3 is 0 Å². The van der Waals surface area contributed by atoms with E-state index in [0.717, 1.165) is 16.8 Å². The second kappa shape index (κ2) is 6.10. The highest BCUT2D eigenvalue weighted by Gasteiger charge is 2.12. The van der Waals surface area contributed by atoms with Crippen LogP contribution in [0.5, 0.6) is 5.75 Å². The van der Waals surface area contributed by atoms with Crippen LogP contribution in [0.4, 0.5) is 0 Å². The predicted molar refractivity (Wildman–Crippen MR) is 82.9 cm³/mol. The number of aryl methyl sites for hydroxylation is 1. The standard InChI is InChI=1S/C16H21N3O2/c1-10(2)17-9-13-15(20)8-16(21)19(18-13)14-7-5-6-11(3)12(14)4/h5-8,10,17,20H,9H2,1-4H3. The number of rotatable bonds is 4. The average molecular weight is 287 g/mol. The minimum atomic E-state index is -0.338. The second-order valence-electron chi connectivity index (χ2n) is 5.48. The molecule has 5 nitrogen and oxygen atoms in total. The highest BCUT2D eigenvalue weighted by molar-refractivity contribution is 5.44. The molecular weight excluding hydrogens is 266 g/mol. The zero-order chi connectivity index (χ0) is 15.6. The summed E-state index contributed by atoms with van der Waals surface area (Å²) >= 11 is 0. The van der Waals surface area contributed by atoms with Crippen LogP contribution in [0.25, 0.3) is 5.69 Å². The summed E-state index contributed by atoms with van der Waals surface area (Å²) in [5.74, 6) is -0.0743. The summed E-state index contributed by atoms with van der Waals surface area (Å²) in [7, 11) is 0. The molecule has 0 radical (unpaired) electrons. The molecule has 2 rings (SSSR count). The Hall–Kier alpha value is -2.14. The van der Waals surface area contributed by atoms with E-state index in [4.69, 9.17) is 0 Å². The zero-order valence-electron chi connectivity index (χ0n) is 12.8. The summed E-state index contributed by atoms with van der Waals surface area (Å²) < 4.78 is 1.35. The average Bonchev–Trinajstić information content (AvgIpc) is 2.41. The number of nitrogens with zero attached hydrogens (tertiary/aromatic N) is 2. The predicted octanol–water partition coefficient (Wildman–Crippen LogP) is 2.05. The van der Waals surface area contributed by atoms with E-state index in [1.165, 1.54) is 10.7 Å². The molecule has 0 aliphatic rings. The molecule has 1 aromatic heterocycles. The van der Waals surface area contributed by atoms with E-state index in [1.807, 2.05) is 45.9 Å². The Labute approximate surface area is 124 Å². The summed E-state index contributed by atoms with van der Waals surface area (Å²) in [6.07, 6.45) is 0. The van der Waals surface area contributed by atoms with Gasteiger partial charge in [0.05, 0.1) is 5.69 Å². The highest BCUT2D eigenvalue weighted by Crippen LogP contribution is 2.17. The van der Waals surface area contributed by atoms with E-state index in [9.17, 15) is 9.90 Å². The second-order valence-corrected chi connectivity index (χ2v) is 5.48. The third-order valence-electron chi connectivity index (χ3n) is 3.47. The van der Waals surface area contributed by atoms with Crippen molar-refractivity contribution in [3.63, 3.8) is 0 Å². The van der Waals surface area contributed by atoms with Crippen molar-refractivity contribution in [1.82, 2.24) is 15.1 Å². The van der Waals surface area contributed by atoms with Crippen LogP contribution >= 0.6 is 0 Å². The van der Waals surface area contributed by atoms with E-state index in [-0.39, 0.29) is 17.4 Å². The molecule has 0 unspecified atom stereocenters. The van der Waals surface area contributed by atoms with Crippen molar-refractivity contribution in [3.8, 4) is 11.4 Å². The Morgan fingerprint density at radius 1 is 1.33 bits per heavy atom. The molecule has 1 aromatic carbocycles. The molecule has 0 atom stereocenters. The fourth-order valence-corrected chi connectivity index (χ4v) is 2.05. The van der Waals surface area contributed by atoms with Crippen LogP contribution in [0.3, 0.4) is 0 Å². The molecule has 0 saturated carbocycles. The number of hydrogen-bond acceptors (Lipinski definition) is 4. The first kappa shape index (κ1) is 15.3. The number of benzene rings is 1. The largest absolute Gasteiger partial charge is 0.506 e. The van der Waals surface area contributed by atoms with Gasteiger partial charge in [-0.3, -0.25) is 4.79 Å². The van der Waals surface area contributed by atoms with Gasteiger partial charge < -0.3 is 10.4 Å². The third kappa shape index (κ3) is 3.31. The van der Waals surface area contributed by atoms with E-state index >= 15 is 0 Å². The lowest BCUT2D eigenvalue weighted by atomic mass is 10.1. The maximum atomic E-state index is 12.1. The Balaban J connectivity index is 2.51. The highest BCUT2D eigenvalue weighted by atomic mass is 16.3. The van der Waals surface area contributed by atoms with Gasteiger partial charge in [0, 0.05) is 18.7 Å². The summed E-state index contributed by atoms with van der Waals surface area (Å²) in [6, 6.07) is 7.22. The molecule has 112 valence electrons. The maximum Gasteiger partial charge on any atom is 0.275 e. The van der Waals surface area contributed by atoms with Crippen LogP contribution in [-0.4, -0.2) is 20.9 Å². The molecule has 0 amide bonds. The molecule has 0 saturated heterocycles. The molecule has 2 aromatic rings. The molecule has 0 spiro atoms. The summed E-state index contributed by atoms with van der Waals surface area (Å²) in [6.45, 7) is 8.38. The molecule has 0 aliphatic carbocycles. The van der Waals surface area contributed by atoms with Gasteiger partial charge in [0.2, 0.25) is 0 Å². The van der Waals surface area contributed by atoms with Crippen LogP contribution in [0.15, 0.2) is 29.1 Å². The summed E-state index contributed by atoms with van der Waals surface area (Å²) in [5.41, 5.74) is 2.96. The molecule has 0 aliphatic heterocycles. The fraction of sp³-hybridized carbons (Fsp3) is 0.375. The monoisotopic (exact) mass is 287 g/mol. The van der Waals surface area contributed by atoms with Gasteiger partial charge in [-0.15, -0.1) is 0 Å². The van der Waals surface area contributed by atoms with Gasteiger partial charge in [0.1, 0.15) is 11.4 Å². The topological polar surface area (TPSA) is 67.2 Å². The smallest absolute Gasteiger partial charge is 0.275 e. The van der Waals surface area contributed by atoms with Gasteiger partial charge in [-0.1, -0.05) is 26.0 Å². The van der Waals surface area contributed by atoms with E-state index < -0.39 is 0 Å². The number of aromatic hydroxyl groups is 1. The van der Waals surface area contributed by atoms with Crippen LogP contribution in [0.2, 0.25) is 0 Å². The lowest BCUT2D eigenvalue weighted by molar-refractivity contribution is 0.447. The van der Waals surface area contributed by atoms with Crippen molar-refractivity contribution in [3.05, 3.63) is 51.4 Å². The number of nitrogens with one attached hydrogen (secondary N) is 1. The summed E-state index contributed by atoms with van der Waals surface area (Å²) in [5, 5.41) is 17.4. The van der Waals surface area contributed by atoms with Crippen LogP contribution in [-0.2, 0) is 6.54 Å². The Morgan fingerprint density at radius 3 is 2.71 bits per heavy atom. The number of aromatic nitrogens is 2. The first-order valence-corrected chi connectivity index (χ1v) is 7.02. The van der Waals surface area contributed by atoms with Crippen molar-refractivity contribution < 1.29 is 5.11 Å². The fourth-order valence-electron chi connectivity index (χ4n) is 2.05. The lowest BCUT2D eigenvalue weighted by Crippen LogP contribution is -2.27. The zero-order valence-corrected chi connectivity index (χ0v) is 12.8. The first-order chi connectivity index (χ1) is 9.90. The van der Waals surface area contributed by atoms with Gasteiger partial charge in [-0.05, 0) is 31.0 Å². The molecule has 2 N–H and O–H groups in total. The van der Waals surface area contributed by atoms with Gasteiger partial charge in [0.25, 0.3) is 5.56 Å². The Morgan fingerprint density at radius 2 is 2.05 bits per heavy atom. The Kier molecular flexibility index (Phi) is 4.43. The SMILES string of the molecule is Cc1cccc(-n2nc(CNC(C)C)c(O)cc2=O)c1C. The quantitative estimate of drug-likeness (QED) is 0.903. The van der Waals surface area contributed by atoms with Crippen molar-refractivity contribution in [2.45, 2.75) is 40.3 Å². The van der Waals surface area contributed by atoms with Crippen molar-refractivity contribution >= 4 is 0 Å². The van der Waals surface area contributed by atoms with Crippen molar-refractivity contribution in [2.75, 3.05) is 0 Å². The molecule has 21 heavy (non-hydrogen) atoms. The van der Waals surface area contributed by atoms with Crippen LogP contribution in [0, 0.1) is 13.8 Å². The van der Waals surface area contributed by atoms with Crippen LogP contribution in [0.1, 0.15) is 30.7 Å². The van der Waals surface area contributed by atoms with Gasteiger partial charge in [-0.25, -0.2) is 0 Å². The normalized spacial score (nSPS) is 11.1. The van der Waals surface area contributed by atoms with Crippen molar-refractivity contribution in [1.29, 1.82) is 0 Å². The Bertz CT molecular complexity index is 705. The van der Waals surface area contributed by atoms with Gasteiger partial charge in [-0.2, -0.15) is 9.78 Å². The van der Waals surface area contributed by atoms with Crippen LogP contribution < -0.4 is 10.9 Å². The molecular formula is C16H21N3O2.